The van der Waals surface area contributed by atoms with Gasteiger partial charge in [-0.3, -0.25) is 0 Å². The second kappa shape index (κ2) is 14.1. The van der Waals surface area contributed by atoms with Crippen LogP contribution in [0.1, 0.15) is 41.9 Å². The van der Waals surface area contributed by atoms with E-state index in [9.17, 15) is 21.6 Å². The van der Waals surface area contributed by atoms with Crippen LogP contribution in [-0.4, -0.2) is 68.7 Å². The fourth-order valence-corrected chi connectivity index (χ4v) is 7.29. The number of hydrogen-bond acceptors (Lipinski definition) is 9. The van der Waals surface area contributed by atoms with Gasteiger partial charge in [0, 0.05) is 42.2 Å². The lowest BCUT2D eigenvalue weighted by atomic mass is 9.78. The van der Waals surface area contributed by atoms with Crippen LogP contribution < -0.4 is 19.1 Å². The van der Waals surface area contributed by atoms with Crippen molar-refractivity contribution in [3.8, 4) is 11.5 Å². The van der Waals surface area contributed by atoms with Gasteiger partial charge < -0.3 is 19.7 Å². The molecule has 0 unspecified atom stereocenters. The highest BCUT2D eigenvalue weighted by molar-refractivity contribution is 7.92. The third-order valence-corrected chi connectivity index (χ3v) is 10.2. The van der Waals surface area contributed by atoms with E-state index in [2.05, 4.69) is 25.2 Å². The topological polar surface area (TPSA) is 110 Å². The van der Waals surface area contributed by atoms with E-state index in [1.165, 1.54) is 61.5 Å². The molecule has 5 rings (SSSR count). The predicted molar refractivity (Wildman–Crippen MR) is 172 cm³/mol. The van der Waals surface area contributed by atoms with Gasteiger partial charge in [0.05, 0.1) is 26.3 Å². The molecule has 2 heterocycles. The van der Waals surface area contributed by atoms with Gasteiger partial charge in [-0.2, -0.15) is 13.2 Å². The van der Waals surface area contributed by atoms with Crippen molar-refractivity contribution in [1.82, 2.24) is 19.9 Å². The van der Waals surface area contributed by atoms with E-state index in [0.717, 1.165) is 6.07 Å². The number of alkyl halides is 3. The van der Waals surface area contributed by atoms with Crippen molar-refractivity contribution in [2.24, 2.45) is 0 Å². The maximum atomic E-state index is 14.0. The number of pyridine rings is 1. The fourth-order valence-electron chi connectivity index (χ4n) is 5.95. The number of nitrogens with zero attached hydrogens (tertiary/aromatic N) is 5. The predicted octanol–water partition coefficient (Wildman–Crippen LogP) is 5.98. The number of halogens is 3. The molecule has 250 valence electrons. The van der Waals surface area contributed by atoms with E-state index in [-0.39, 0.29) is 35.3 Å². The van der Waals surface area contributed by atoms with E-state index in [1.807, 2.05) is 14.1 Å². The Bertz CT molecular complexity index is 1760. The van der Waals surface area contributed by atoms with Gasteiger partial charge in [0.15, 0.2) is 0 Å². The number of rotatable bonds is 11. The highest BCUT2D eigenvalue weighted by atomic mass is 32.2. The third kappa shape index (κ3) is 7.76. The van der Waals surface area contributed by atoms with Gasteiger partial charge in [-0.25, -0.2) is 27.7 Å². The number of aromatic nitrogens is 3. The number of benzene rings is 2. The monoisotopic (exact) mass is 670 g/mol. The van der Waals surface area contributed by atoms with E-state index in [4.69, 9.17) is 9.47 Å². The standard InChI is InChI=1S/C33H37F3N6O4S/c1-41(2)29-17-23(22-6-5-7-25(16-22)33(34,35)36)9-12-28(29)40-31-13-11-27(19-38-31)47(43,44)42(32-14-15-37-21-39-32)20-24-8-10-26(45-3)18-30(24)46-4/h5-8,10-11,13-16,18-19,21,23,28-29H,9,12,17,20H2,1-4H3,(H,38,40)/t23-,28-,29-/m0/s1. The Morgan fingerprint density at radius 1 is 0.979 bits per heavy atom. The van der Waals surface area contributed by atoms with Crippen molar-refractivity contribution in [1.29, 1.82) is 0 Å². The van der Waals surface area contributed by atoms with Gasteiger partial charge >= 0.3 is 6.18 Å². The molecule has 1 aliphatic carbocycles. The number of anilines is 2. The summed E-state index contributed by atoms with van der Waals surface area (Å²) in [4.78, 5) is 14.6. The molecular formula is C33H37F3N6O4S. The molecule has 1 fully saturated rings. The summed E-state index contributed by atoms with van der Waals surface area (Å²) in [7, 11) is 2.77. The Hall–Kier alpha value is -4.43. The number of likely N-dealkylation sites (N-methyl/N-ethyl adjacent to an activating group) is 1. The van der Waals surface area contributed by atoms with Gasteiger partial charge in [0.25, 0.3) is 10.0 Å². The molecule has 1 N–H and O–H groups in total. The van der Waals surface area contributed by atoms with Crippen molar-refractivity contribution in [3.05, 3.63) is 96.1 Å². The minimum Gasteiger partial charge on any atom is -0.497 e. The molecule has 0 aliphatic heterocycles. The zero-order valence-corrected chi connectivity index (χ0v) is 27.3. The number of nitrogens with one attached hydrogen (secondary N) is 1. The van der Waals surface area contributed by atoms with Crippen LogP contribution in [0.2, 0.25) is 0 Å². The molecular weight excluding hydrogens is 633 g/mol. The first-order valence-electron chi connectivity index (χ1n) is 15.0. The molecule has 2 aromatic carbocycles. The number of sulfonamides is 1. The first-order valence-corrected chi connectivity index (χ1v) is 16.4. The van der Waals surface area contributed by atoms with Gasteiger partial charge in [-0.1, -0.05) is 18.2 Å². The molecule has 0 bridgehead atoms. The maximum Gasteiger partial charge on any atom is 0.416 e. The number of ether oxygens (including phenoxy) is 2. The van der Waals surface area contributed by atoms with Crippen LogP contribution in [0.5, 0.6) is 11.5 Å². The van der Waals surface area contributed by atoms with Gasteiger partial charge in [0.2, 0.25) is 0 Å². The van der Waals surface area contributed by atoms with E-state index >= 15 is 0 Å². The summed E-state index contributed by atoms with van der Waals surface area (Å²) < 4.78 is 80.0. The molecule has 0 saturated heterocycles. The molecule has 0 radical (unpaired) electrons. The number of hydrogen-bond donors (Lipinski definition) is 1. The van der Waals surface area contributed by atoms with Crippen LogP contribution >= 0.6 is 0 Å². The lowest BCUT2D eigenvalue weighted by Crippen LogP contribution is -2.47. The largest absolute Gasteiger partial charge is 0.497 e. The highest BCUT2D eigenvalue weighted by Gasteiger charge is 2.35. The molecule has 0 amide bonds. The second-order valence-electron chi connectivity index (χ2n) is 11.6. The summed E-state index contributed by atoms with van der Waals surface area (Å²) in [6, 6.07) is 15.3. The van der Waals surface area contributed by atoms with Gasteiger partial charge in [-0.15, -0.1) is 0 Å². The molecule has 0 spiro atoms. The average Bonchev–Trinajstić information content (AvgIpc) is 3.07. The van der Waals surface area contributed by atoms with E-state index in [1.54, 1.807) is 30.3 Å². The summed E-state index contributed by atoms with van der Waals surface area (Å²) in [6.45, 7) is -0.0772. The summed E-state index contributed by atoms with van der Waals surface area (Å²) in [5.74, 6) is 1.65. The fraction of sp³-hybridized carbons (Fsp3) is 0.364. The molecule has 4 aromatic rings. The minimum atomic E-state index is -4.39. The summed E-state index contributed by atoms with van der Waals surface area (Å²) in [6.07, 6.45) is 1.68. The quantitative estimate of drug-likeness (QED) is 0.206. The van der Waals surface area contributed by atoms with Crippen LogP contribution in [0.4, 0.5) is 24.8 Å². The molecule has 1 aliphatic rings. The highest BCUT2D eigenvalue weighted by Crippen LogP contribution is 2.38. The molecule has 2 aromatic heterocycles. The van der Waals surface area contributed by atoms with Crippen molar-refractivity contribution in [2.75, 3.05) is 37.9 Å². The Morgan fingerprint density at radius 3 is 2.43 bits per heavy atom. The molecule has 14 heteroatoms. The average molecular weight is 671 g/mol. The van der Waals surface area contributed by atoms with Crippen LogP contribution in [0.15, 0.2) is 84.3 Å². The summed E-state index contributed by atoms with van der Waals surface area (Å²) >= 11 is 0. The lowest BCUT2D eigenvalue weighted by molar-refractivity contribution is -0.137. The van der Waals surface area contributed by atoms with Crippen LogP contribution in [0.25, 0.3) is 0 Å². The first-order chi connectivity index (χ1) is 22.4. The molecule has 10 nitrogen and oxygen atoms in total. The summed E-state index contributed by atoms with van der Waals surface area (Å²) in [5.41, 5.74) is 0.632. The zero-order valence-electron chi connectivity index (χ0n) is 26.5. The van der Waals surface area contributed by atoms with Crippen molar-refractivity contribution < 1.29 is 31.1 Å². The second-order valence-corrected chi connectivity index (χ2v) is 13.4. The van der Waals surface area contributed by atoms with Crippen molar-refractivity contribution in [3.63, 3.8) is 0 Å². The van der Waals surface area contributed by atoms with Crippen LogP contribution in [-0.2, 0) is 22.7 Å². The Morgan fingerprint density at radius 2 is 1.79 bits per heavy atom. The normalized spacial score (nSPS) is 18.5. The van der Waals surface area contributed by atoms with E-state index < -0.39 is 21.8 Å². The molecule has 3 atom stereocenters. The smallest absolute Gasteiger partial charge is 0.416 e. The first kappa shape index (κ1) is 33.9. The molecule has 47 heavy (non-hydrogen) atoms. The zero-order chi connectivity index (χ0) is 33.8. The summed E-state index contributed by atoms with van der Waals surface area (Å²) in [5, 5.41) is 3.44. The SMILES string of the molecule is COc1ccc(CN(c2ccncn2)S(=O)(=O)c2ccc(N[C@H]3CC[C@H](c4cccc(C(F)(F)F)c4)C[C@@H]3N(C)C)nc2)c(OC)c1. The van der Waals surface area contributed by atoms with E-state index in [0.29, 0.717) is 47.7 Å². The molecule has 1 saturated carbocycles. The Balaban J connectivity index is 1.35. The third-order valence-electron chi connectivity index (χ3n) is 8.45. The maximum absolute atomic E-state index is 14.0. The lowest BCUT2D eigenvalue weighted by Gasteiger charge is -2.40. The van der Waals surface area contributed by atoms with Crippen LogP contribution in [0.3, 0.4) is 0 Å². The Labute approximate surface area is 272 Å². The van der Waals surface area contributed by atoms with Crippen molar-refractivity contribution >= 4 is 21.7 Å². The van der Waals surface area contributed by atoms with Gasteiger partial charge in [-0.05, 0) is 75.2 Å². The minimum absolute atomic E-state index is 0.00114. The van der Waals surface area contributed by atoms with Crippen molar-refractivity contribution in [2.45, 2.75) is 54.9 Å². The Kier molecular flexibility index (Phi) is 10.2. The number of methoxy groups -OCH3 is 2. The van der Waals surface area contributed by atoms with Gasteiger partial charge in [0.1, 0.15) is 34.4 Å². The van der Waals surface area contributed by atoms with Crippen LogP contribution in [0, 0.1) is 0 Å².